The molecule has 5 nitrogen and oxygen atoms in total. The van der Waals surface area contributed by atoms with Crippen LogP contribution in [0.4, 0.5) is 13.2 Å². The molecule has 4 rings (SSSR count). The van der Waals surface area contributed by atoms with Crippen molar-refractivity contribution in [2.24, 2.45) is 16.8 Å². The molecule has 29 heavy (non-hydrogen) atoms. The quantitative estimate of drug-likeness (QED) is 0.577. The van der Waals surface area contributed by atoms with Crippen molar-refractivity contribution in [1.29, 1.82) is 0 Å². The summed E-state index contributed by atoms with van der Waals surface area (Å²) in [6.07, 6.45) is 2.27. The summed E-state index contributed by atoms with van der Waals surface area (Å²) in [5.41, 5.74) is -1.08. The normalized spacial score (nSPS) is 29.5. The Hall–Kier alpha value is -2.29. The lowest BCUT2D eigenvalue weighted by molar-refractivity contribution is -0.137. The standard InChI is InChI=1S/C20H19F3N2O3S/c21-20(22,23)14-3-1-2-13(10-14)18(27)28-7-6-16-17(26)25-19(29-16)24-15-9-11-4-5-12(15)8-11/h1-5,10-12,15-16H,6-9H2,(H,24,25,26). The van der Waals surface area contributed by atoms with Crippen molar-refractivity contribution >= 4 is 28.8 Å². The molecule has 1 amide bonds. The van der Waals surface area contributed by atoms with E-state index in [4.69, 9.17) is 4.74 Å². The number of nitrogens with zero attached hydrogens (tertiary/aromatic N) is 1. The number of allylic oxidation sites excluding steroid dienone is 1. The molecular formula is C20H19F3N2O3S. The number of hydrogen-bond donors (Lipinski definition) is 1. The van der Waals surface area contributed by atoms with Gasteiger partial charge in [0.2, 0.25) is 5.91 Å². The van der Waals surface area contributed by atoms with Crippen molar-refractivity contribution in [2.75, 3.05) is 6.61 Å². The molecule has 0 radical (unpaired) electrons. The molecule has 2 bridgehead atoms. The van der Waals surface area contributed by atoms with Crippen LogP contribution in [0.3, 0.4) is 0 Å². The lowest BCUT2D eigenvalue weighted by Crippen LogP contribution is -2.27. The van der Waals surface area contributed by atoms with Gasteiger partial charge in [0.1, 0.15) is 0 Å². The second-order valence-corrected chi connectivity index (χ2v) is 8.57. The van der Waals surface area contributed by atoms with Gasteiger partial charge in [0.25, 0.3) is 0 Å². The van der Waals surface area contributed by atoms with Gasteiger partial charge in [-0.3, -0.25) is 9.79 Å². The zero-order valence-corrected chi connectivity index (χ0v) is 16.1. The molecule has 2 fully saturated rings. The predicted octanol–water partition coefficient (Wildman–Crippen LogP) is 3.80. The van der Waals surface area contributed by atoms with E-state index in [1.165, 1.54) is 17.8 Å². The first kappa shape index (κ1) is 20.0. The molecule has 154 valence electrons. The molecule has 1 aromatic carbocycles. The molecule has 9 heteroatoms. The summed E-state index contributed by atoms with van der Waals surface area (Å²) in [5.74, 6) is -0.00953. The van der Waals surface area contributed by atoms with E-state index in [1.54, 1.807) is 0 Å². The van der Waals surface area contributed by atoms with Crippen LogP contribution in [0.25, 0.3) is 0 Å². The maximum Gasteiger partial charge on any atom is 0.416 e. The first-order valence-corrected chi connectivity index (χ1v) is 10.3. The number of ether oxygens (including phenoxy) is 1. The Labute approximate surface area is 169 Å². The van der Waals surface area contributed by atoms with Gasteiger partial charge in [-0.05, 0) is 42.9 Å². The van der Waals surface area contributed by atoms with E-state index in [1.807, 2.05) is 0 Å². The number of fused-ring (bicyclic) bond motifs is 2. The highest BCUT2D eigenvalue weighted by Crippen LogP contribution is 2.41. The van der Waals surface area contributed by atoms with E-state index < -0.39 is 23.0 Å². The zero-order valence-electron chi connectivity index (χ0n) is 15.3. The molecule has 0 aromatic heterocycles. The molecule has 1 aliphatic heterocycles. The van der Waals surface area contributed by atoms with Gasteiger partial charge < -0.3 is 10.1 Å². The maximum atomic E-state index is 12.7. The van der Waals surface area contributed by atoms with E-state index in [-0.39, 0.29) is 30.5 Å². The molecule has 3 aliphatic rings. The summed E-state index contributed by atoms with van der Waals surface area (Å²) in [6.45, 7) is -0.0652. The van der Waals surface area contributed by atoms with Crippen LogP contribution in [0, 0.1) is 11.8 Å². The van der Waals surface area contributed by atoms with Crippen molar-refractivity contribution in [1.82, 2.24) is 5.32 Å². The van der Waals surface area contributed by atoms with Crippen LogP contribution < -0.4 is 5.32 Å². The molecule has 1 saturated heterocycles. The topological polar surface area (TPSA) is 67.8 Å². The van der Waals surface area contributed by atoms with Crippen LogP contribution in [0.5, 0.6) is 0 Å². The number of esters is 1. The number of benzene rings is 1. The summed E-state index contributed by atoms with van der Waals surface area (Å²) in [7, 11) is 0. The Balaban J connectivity index is 1.28. The van der Waals surface area contributed by atoms with Crippen LogP contribution in [0.2, 0.25) is 0 Å². The summed E-state index contributed by atoms with van der Waals surface area (Å²) >= 11 is 1.31. The van der Waals surface area contributed by atoms with Crippen molar-refractivity contribution in [3.63, 3.8) is 0 Å². The summed E-state index contributed by atoms with van der Waals surface area (Å²) in [4.78, 5) is 28.8. The average molecular weight is 424 g/mol. The summed E-state index contributed by atoms with van der Waals surface area (Å²) in [5, 5.41) is 2.93. The maximum absolute atomic E-state index is 12.7. The molecule has 1 N–H and O–H groups in total. The number of thioether (sulfide) groups is 1. The third-order valence-corrected chi connectivity index (χ3v) is 6.51. The molecule has 4 atom stereocenters. The molecule has 4 unspecified atom stereocenters. The molecular weight excluding hydrogens is 405 g/mol. The Kier molecular flexibility index (Phi) is 5.42. The van der Waals surface area contributed by atoms with Gasteiger partial charge in [0.05, 0.1) is 29.0 Å². The van der Waals surface area contributed by atoms with Gasteiger partial charge in [0.15, 0.2) is 5.17 Å². The minimum atomic E-state index is -4.53. The Morgan fingerprint density at radius 1 is 1.28 bits per heavy atom. The molecule has 0 spiro atoms. The molecule has 2 aliphatic carbocycles. The van der Waals surface area contributed by atoms with Crippen molar-refractivity contribution in [2.45, 2.75) is 36.7 Å². The van der Waals surface area contributed by atoms with Gasteiger partial charge in [-0.25, -0.2) is 4.79 Å². The first-order valence-electron chi connectivity index (χ1n) is 9.37. The fourth-order valence-corrected chi connectivity index (χ4v) is 4.88. The first-order chi connectivity index (χ1) is 13.8. The van der Waals surface area contributed by atoms with Crippen molar-refractivity contribution < 1.29 is 27.5 Å². The number of alkyl halides is 3. The minimum absolute atomic E-state index is 0.0652. The summed E-state index contributed by atoms with van der Waals surface area (Å²) < 4.78 is 43.3. The Morgan fingerprint density at radius 3 is 2.79 bits per heavy atom. The minimum Gasteiger partial charge on any atom is -0.462 e. The van der Waals surface area contributed by atoms with Gasteiger partial charge >= 0.3 is 12.1 Å². The van der Waals surface area contributed by atoms with E-state index >= 15 is 0 Å². The number of carbonyl (C=O) groups is 2. The number of amides is 1. The van der Waals surface area contributed by atoms with Crippen LogP contribution in [0.1, 0.15) is 35.2 Å². The third kappa shape index (κ3) is 4.49. The van der Waals surface area contributed by atoms with Crippen molar-refractivity contribution in [3.05, 3.63) is 47.5 Å². The monoisotopic (exact) mass is 424 g/mol. The number of rotatable bonds is 5. The van der Waals surface area contributed by atoms with Crippen LogP contribution in [-0.2, 0) is 15.7 Å². The smallest absolute Gasteiger partial charge is 0.416 e. The SMILES string of the molecule is O=C(OCCC1SC(=NC2CC3C=CC2C3)NC1=O)c1cccc(C(F)(F)F)c1. The van der Waals surface area contributed by atoms with E-state index in [2.05, 4.69) is 22.5 Å². The Morgan fingerprint density at radius 2 is 2.10 bits per heavy atom. The summed E-state index contributed by atoms with van der Waals surface area (Å²) in [6, 6.07) is 4.28. The number of hydrogen-bond acceptors (Lipinski definition) is 5. The fourth-order valence-electron chi connectivity index (χ4n) is 3.87. The highest BCUT2D eigenvalue weighted by Gasteiger charge is 2.37. The van der Waals surface area contributed by atoms with E-state index in [0.717, 1.165) is 31.0 Å². The fraction of sp³-hybridized carbons (Fsp3) is 0.450. The lowest BCUT2D eigenvalue weighted by Gasteiger charge is -2.13. The molecule has 1 heterocycles. The predicted molar refractivity (Wildman–Crippen MR) is 102 cm³/mol. The second-order valence-electron chi connectivity index (χ2n) is 7.38. The van der Waals surface area contributed by atoms with E-state index in [9.17, 15) is 22.8 Å². The lowest BCUT2D eigenvalue weighted by atomic mass is 10.0. The number of aliphatic imine (C=N–C) groups is 1. The number of nitrogens with one attached hydrogen (secondary N) is 1. The van der Waals surface area contributed by atoms with Crippen LogP contribution >= 0.6 is 11.8 Å². The third-order valence-electron chi connectivity index (χ3n) is 5.34. The largest absolute Gasteiger partial charge is 0.462 e. The van der Waals surface area contributed by atoms with Crippen LogP contribution in [0.15, 0.2) is 41.4 Å². The number of halogens is 3. The Bertz CT molecular complexity index is 884. The van der Waals surface area contributed by atoms with Gasteiger partial charge in [-0.2, -0.15) is 13.2 Å². The molecule has 1 aromatic rings. The zero-order chi connectivity index (χ0) is 20.6. The van der Waals surface area contributed by atoms with Gasteiger partial charge in [-0.1, -0.05) is 30.0 Å². The van der Waals surface area contributed by atoms with Gasteiger partial charge in [0, 0.05) is 6.42 Å². The van der Waals surface area contributed by atoms with E-state index in [0.29, 0.717) is 17.0 Å². The number of amidine groups is 1. The second kappa shape index (κ2) is 7.85. The highest BCUT2D eigenvalue weighted by atomic mass is 32.2. The number of carbonyl (C=O) groups excluding carboxylic acids is 2. The van der Waals surface area contributed by atoms with Crippen LogP contribution in [-0.4, -0.2) is 34.9 Å². The average Bonchev–Trinajstić information content (AvgIpc) is 3.37. The molecule has 1 saturated carbocycles. The highest BCUT2D eigenvalue weighted by molar-refractivity contribution is 8.15. The van der Waals surface area contributed by atoms with Crippen molar-refractivity contribution in [3.8, 4) is 0 Å². The van der Waals surface area contributed by atoms with Gasteiger partial charge in [-0.15, -0.1) is 0 Å².